The molecule has 0 radical (unpaired) electrons. The molecule has 2 aromatic rings. The van der Waals surface area contributed by atoms with Crippen LogP contribution in [0, 0.1) is 17.5 Å². The second kappa shape index (κ2) is 6.04. The molecule has 0 aliphatic carbocycles. The van der Waals surface area contributed by atoms with Crippen LogP contribution in [0.15, 0.2) is 42.5 Å². The van der Waals surface area contributed by atoms with E-state index in [9.17, 15) is 18.0 Å². The third-order valence-electron chi connectivity index (χ3n) is 2.40. The molecule has 5 heteroatoms. The number of hydrogen-bond acceptors (Lipinski definition) is 1. The van der Waals surface area contributed by atoms with Gasteiger partial charge < -0.3 is 0 Å². The van der Waals surface area contributed by atoms with Gasteiger partial charge in [-0.1, -0.05) is 0 Å². The topological polar surface area (TPSA) is 17.1 Å². The number of ketones is 1. The quantitative estimate of drug-likeness (QED) is 0.623. The van der Waals surface area contributed by atoms with Crippen LogP contribution < -0.4 is 4.46 Å². The summed E-state index contributed by atoms with van der Waals surface area (Å²) in [4.78, 5) is 11.8. The summed E-state index contributed by atoms with van der Waals surface area (Å²) in [6.45, 7) is 0. The van der Waals surface area contributed by atoms with Gasteiger partial charge in [-0.05, 0) is 0 Å². The molecule has 2 aromatic carbocycles. The summed E-state index contributed by atoms with van der Waals surface area (Å²) in [5.74, 6) is -3.96. The van der Waals surface area contributed by atoms with Crippen LogP contribution in [0.25, 0.3) is 0 Å². The third kappa shape index (κ3) is 3.46. The van der Waals surface area contributed by atoms with Crippen molar-refractivity contribution in [2.75, 3.05) is 0 Å². The van der Waals surface area contributed by atoms with E-state index < -0.39 is 28.8 Å². The van der Waals surface area contributed by atoms with Gasteiger partial charge >= 0.3 is 114 Å². The number of carbonyl (C=O) groups excluding carboxylic acids is 1. The van der Waals surface area contributed by atoms with Crippen LogP contribution >= 0.6 is 0 Å². The Bertz CT molecular complexity index is 576. The summed E-state index contributed by atoms with van der Waals surface area (Å²) >= 11 is -0.203. The predicted octanol–water partition coefficient (Wildman–Crippen LogP) is 2.73. The summed E-state index contributed by atoms with van der Waals surface area (Å²) in [5, 5.41) is 0.0382. The van der Waals surface area contributed by atoms with Gasteiger partial charge in [-0.15, -0.1) is 0 Å². The summed E-state index contributed by atoms with van der Waals surface area (Å²) in [6, 6.07) is 10.3. The van der Waals surface area contributed by atoms with E-state index in [4.69, 9.17) is 0 Å². The average Bonchev–Trinajstić information content (AvgIpc) is 2.36. The molecule has 0 aliphatic rings. The molecule has 0 spiro atoms. The predicted molar refractivity (Wildman–Crippen MR) is 67.3 cm³/mol. The number of Topliss-reactive ketones (excluding diaryl/α,β-unsaturated/α-hetero) is 1. The Hall–Kier alpha value is -1.58. The first-order valence-electron chi connectivity index (χ1n) is 5.43. The Morgan fingerprint density at radius 1 is 1.00 bits per heavy atom. The number of rotatable bonds is 4. The van der Waals surface area contributed by atoms with Crippen molar-refractivity contribution >= 4 is 25.2 Å². The first kappa shape index (κ1) is 13.8. The fourth-order valence-corrected chi connectivity index (χ4v) is 3.21. The SMILES string of the molecule is O=C(C[Se]c1ccccc1)c1c(F)cc(F)cc1F. The van der Waals surface area contributed by atoms with E-state index in [2.05, 4.69) is 0 Å². The minimum absolute atomic E-state index is 0.0382. The normalized spacial score (nSPS) is 10.5. The molecule has 19 heavy (non-hydrogen) atoms. The molecular formula is C14H9F3OSe. The van der Waals surface area contributed by atoms with Crippen molar-refractivity contribution in [1.29, 1.82) is 0 Å². The molecule has 1 nitrogen and oxygen atoms in total. The number of halogens is 3. The monoisotopic (exact) mass is 330 g/mol. The van der Waals surface area contributed by atoms with E-state index in [1.165, 1.54) is 0 Å². The molecular weight excluding hydrogens is 320 g/mol. The molecule has 0 unspecified atom stereocenters. The van der Waals surface area contributed by atoms with Gasteiger partial charge in [0.1, 0.15) is 0 Å². The fourth-order valence-electron chi connectivity index (χ4n) is 1.55. The molecule has 0 saturated carbocycles. The van der Waals surface area contributed by atoms with Crippen molar-refractivity contribution in [3.63, 3.8) is 0 Å². The van der Waals surface area contributed by atoms with E-state index in [1.54, 1.807) is 0 Å². The minimum atomic E-state index is -1.15. The van der Waals surface area contributed by atoms with Gasteiger partial charge in [-0.3, -0.25) is 0 Å². The van der Waals surface area contributed by atoms with E-state index in [1.807, 2.05) is 30.3 Å². The van der Waals surface area contributed by atoms with Crippen molar-refractivity contribution < 1.29 is 18.0 Å². The molecule has 0 aliphatic heterocycles. The Labute approximate surface area is 114 Å². The second-order valence-electron chi connectivity index (χ2n) is 3.77. The van der Waals surface area contributed by atoms with Crippen LogP contribution in [-0.4, -0.2) is 20.7 Å². The summed E-state index contributed by atoms with van der Waals surface area (Å²) in [5.41, 5.74) is -0.654. The van der Waals surface area contributed by atoms with E-state index >= 15 is 0 Å². The number of benzene rings is 2. The zero-order chi connectivity index (χ0) is 13.8. The van der Waals surface area contributed by atoms with Crippen LogP contribution in [0.2, 0.25) is 5.32 Å². The second-order valence-corrected chi connectivity index (χ2v) is 5.97. The van der Waals surface area contributed by atoms with Gasteiger partial charge in [-0.2, -0.15) is 0 Å². The Morgan fingerprint density at radius 2 is 1.58 bits per heavy atom. The Morgan fingerprint density at radius 3 is 2.16 bits per heavy atom. The molecule has 98 valence electrons. The Kier molecular flexibility index (Phi) is 4.40. The molecule has 0 amide bonds. The Balaban J connectivity index is 2.13. The molecule has 0 heterocycles. The van der Waals surface area contributed by atoms with Crippen LogP contribution in [0.3, 0.4) is 0 Å². The molecule has 0 atom stereocenters. The fraction of sp³-hybridized carbons (Fsp3) is 0.0714. The van der Waals surface area contributed by atoms with Crippen molar-refractivity contribution in [2.45, 2.75) is 5.32 Å². The average molecular weight is 329 g/mol. The molecule has 0 fully saturated rings. The molecule has 0 N–H and O–H groups in total. The van der Waals surface area contributed by atoms with Gasteiger partial charge in [0.05, 0.1) is 0 Å². The molecule has 0 saturated heterocycles. The van der Waals surface area contributed by atoms with Crippen LogP contribution in [0.1, 0.15) is 10.4 Å². The van der Waals surface area contributed by atoms with Crippen molar-refractivity contribution in [1.82, 2.24) is 0 Å². The van der Waals surface area contributed by atoms with Crippen molar-refractivity contribution in [3.05, 3.63) is 65.5 Å². The number of carbonyl (C=O) groups is 1. The zero-order valence-electron chi connectivity index (χ0n) is 9.70. The van der Waals surface area contributed by atoms with Gasteiger partial charge in [0.25, 0.3) is 0 Å². The van der Waals surface area contributed by atoms with Crippen LogP contribution in [0.5, 0.6) is 0 Å². The first-order valence-corrected chi connectivity index (χ1v) is 7.50. The van der Waals surface area contributed by atoms with Gasteiger partial charge in [0.15, 0.2) is 0 Å². The molecule has 0 aromatic heterocycles. The molecule has 2 rings (SSSR count). The maximum absolute atomic E-state index is 13.4. The molecule has 0 bridgehead atoms. The van der Waals surface area contributed by atoms with Gasteiger partial charge in [0, 0.05) is 0 Å². The van der Waals surface area contributed by atoms with Crippen LogP contribution in [-0.2, 0) is 0 Å². The van der Waals surface area contributed by atoms with Crippen LogP contribution in [0.4, 0.5) is 13.2 Å². The summed E-state index contributed by atoms with van der Waals surface area (Å²) in [6.07, 6.45) is 0. The van der Waals surface area contributed by atoms with Crippen molar-refractivity contribution in [2.24, 2.45) is 0 Å². The van der Waals surface area contributed by atoms with Crippen molar-refractivity contribution in [3.8, 4) is 0 Å². The first-order chi connectivity index (χ1) is 9.08. The van der Waals surface area contributed by atoms with E-state index in [0.717, 1.165) is 4.46 Å². The van der Waals surface area contributed by atoms with Gasteiger partial charge in [0.2, 0.25) is 0 Å². The third-order valence-corrected chi connectivity index (χ3v) is 4.52. The maximum atomic E-state index is 13.4. The van der Waals surface area contributed by atoms with Gasteiger partial charge in [-0.25, -0.2) is 0 Å². The number of hydrogen-bond donors (Lipinski definition) is 0. The van der Waals surface area contributed by atoms with E-state index in [0.29, 0.717) is 12.1 Å². The zero-order valence-corrected chi connectivity index (χ0v) is 11.4. The standard InChI is InChI=1S/C14H9F3OSe/c15-9-6-11(16)14(12(17)7-9)13(18)8-19-10-4-2-1-3-5-10/h1-7H,8H2. The summed E-state index contributed by atoms with van der Waals surface area (Å²) in [7, 11) is 0. The summed E-state index contributed by atoms with van der Waals surface area (Å²) < 4.78 is 40.5. The van der Waals surface area contributed by atoms with E-state index in [-0.39, 0.29) is 20.3 Å².